The Morgan fingerprint density at radius 1 is 1.25 bits per heavy atom. The molecule has 1 aromatic rings. The normalized spacial score (nSPS) is 21.1. The van der Waals surface area contributed by atoms with Crippen LogP contribution in [0.2, 0.25) is 0 Å². The van der Waals surface area contributed by atoms with E-state index in [9.17, 15) is 18.0 Å². The summed E-state index contributed by atoms with van der Waals surface area (Å²) in [5.41, 5.74) is 0.571. The summed E-state index contributed by atoms with van der Waals surface area (Å²) in [4.78, 5) is 13.5. The van der Waals surface area contributed by atoms with Crippen molar-refractivity contribution < 1.29 is 22.7 Å². The first-order valence-corrected chi connectivity index (χ1v) is 6.42. The third kappa shape index (κ3) is 2.89. The number of carbonyl (C=O) groups is 1. The van der Waals surface area contributed by atoms with Gasteiger partial charge in [-0.3, -0.25) is 4.79 Å². The SMILES string of the molecule is COc1ccc(N2CCCC(C(F)C(F)F)C2=O)cc1. The minimum Gasteiger partial charge on any atom is -0.497 e. The number of carbonyl (C=O) groups excluding carboxylic acids is 1. The molecule has 1 amide bonds. The van der Waals surface area contributed by atoms with Crippen molar-refractivity contribution in [2.45, 2.75) is 25.4 Å². The van der Waals surface area contributed by atoms with Crippen LogP contribution in [0.25, 0.3) is 0 Å². The number of benzene rings is 1. The molecule has 0 spiro atoms. The second-order valence-corrected chi connectivity index (χ2v) is 4.72. The molecule has 1 heterocycles. The molecule has 0 saturated carbocycles. The second-order valence-electron chi connectivity index (χ2n) is 4.72. The molecular weight excluding hydrogens is 271 g/mol. The van der Waals surface area contributed by atoms with Crippen LogP contribution in [0.1, 0.15) is 12.8 Å². The summed E-state index contributed by atoms with van der Waals surface area (Å²) in [5, 5.41) is 0. The first-order chi connectivity index (χ1) is 9.54. The zero-order valence-electron chi connectivity index (χ0n) is 11.1. The summed E-state index contributed by atoms with van der Waals surface area (Å²) >= 11 is 0. The molecule has 1 saturated heterocycles. The maximum Gasteiger partial charge on any atom is 0.270 e. The minimum atomic E-state index is -3.13. The van der Waals surface area contributed by atoms with Gasteiger partial charge >= 0.3 is 0 Å². The topological polar surface area (TPSA) is 29.5 Å². The first kappa shape index (κ1) is 14.7. The molecule has 20 heavy (non-hydrogen) atoms. The Labute approximate surface area is 115 Å². The molecular formula is C14H16F3NO2. The van der Waals surface area contributed by atoms with Gasteiger partial charge in [-0.15, -0.1) is 0 Å². The van der Waals surface area contributed by atoms with Crippen LogP contribution < -0.4 is 9.64 Å². The van der Waals surface area contributed by atoms with Gasteiger partial charge in [-0.2, -0.15) is 0 Å². The standard InChI is InChI=1S/C14H16F3NO2/c1-20-10-6-4-9(5-7-10)18-8-2-3-11(14(18)19)12(15)13(16)17/h4-7,11-13H,2-3,8H2,1H3. The third-order valence-electron chi connectivity index (χ3n) is 3.49. The molecule has 2 unspecified atom stereocenters. The highest BCUT2D eigenvalue weighted by atomic mass is 19.3. The van der Waals surface area contributed by atoms with E-state index in [4.69, 9.17) is 4.74 Å². The number of ether oxygens (including phenoxy) is 1. The number of amides is 1. The molecule has 1 aliphatic heterocycles. The van der Waals surface area contributed by atoms with Crippen LogP contribution in [-0.4, -0.2) is 32.2 Å². The Morgan fingerprint density at radius 2 is 1.90 bits per heavy atom. The fourth-order valence-electron chi connectivity index (χ4n) is 2.39. The number of methoxy groups -OCH3 is 1. The van der Waals surface area contributed by atoms with Crippen molar-refractivity contribution >= 4 is 11.6 Å². The highest BCUT2D eigenvalue weighted by Crippen LogP contribution is 2.30. The maximum absolute atomic E-state index is 13.5. The summed E-state index contributed by atoms with van der Waals surface area (Å²) in [6.07, 6.45) is -4.85. The third-order valence-corrected chi connectivity index (χ3v) is 3.49. The highest BCUT2D eigenvalue weighted by molar-refractivity contribution is 5.96. The van der Waals surface area contributed by atoms with Crippen molar-refractivity contribution in [1.82, 2.24) is 0 Å². The second kappa shape index (κ2) is 6.15. The van der Waals surface area contributed by atoms with Gasteiger partial charge in [0.1, 0.15) is 5.75 Å². The van der Waals surface area contributed by atoms with E-state index in [-0.39, 0.29) is 6.42 Å². The summed E-state index contributed by atoms with van der Waals surface area (Å²) in [7, 11) is 1.52. The average Bonchev–Trinajstić information content (AvgIpc) is 2.47. The predicted octanol–water partition coefficient (Wildman–Crippen LogP) is 3.04. The van der Waals surface area contributed by atoms with E-state index in [1.54, 1.807) is 24.3 Å². The zero-order chi connectivity index (χ0) is 14.7. The van der Waals surface area contributed by atoms with Gasteiger partial charge in [-0.05, 0) is 37.1 Å². The van der Waals surface area contributed by atoms with Crippen LogP contribution in [0.3, 0.4) is 0 Å². The summed E-state index contributed by atoms with van der Waals surface area (Å²) in [6.45, 7) is 0.414. The van der Waals surface area contributed by atoms with Gasteiger partial charge in [0.15, 0.2) is 6.17 Å². The van der Waals surface area contributed by atoms with Gasteiger partial charge in [-0.25, -0.2) is 13.2 Å². The van der Waals surface area contributed by atoms with Crippen molar-refractivity contribution in [3.05, 3.63) is 24.3 Å². The molecule has 1 aromatic carbocycles. The summed E-state index contributed by atoms with van der Waals surface area (Å²) in [5.74, 6) is -1.20. The number of rotatable bonds is 4. The highest BCUT2D eigenvalue weighted by Gasteiger charge is 2.39. The lowest BCUT2D eigenvalue weighted by Crippen LogP contribution is -2.46. The predicted molar refractivity (Wildman–Crippen MR) is 69.0 cm³/mol. The largest absolute Gasteiger partial charge is 0.497 e. The van der Waals surface area contributed by atoms with Gasteiger partial charge < -0.3 is 9.64 Å². The molecule has 1 fully saturated rings. The summed E-state index contributed by atoms with van der Waals surface area (Å²) < 4.78 is 43.4. The molecule has 6 heteroatoms. The smallest absolute Gasteiger partial charge is 0.270 e. The van der Waals surface area contributed by atoms with E-state index in [2.05, 4.69) is 0 Å². The van der Waals surface area contributed by atoms with E-state index in [0.29, 0.717) is 24.4 Å². The number of hydrogen-bond acceptors (Lipinski definition) is 2. The molecule has 0 radical (unpaired) electrons. The lowest BCUT2D eigenvalue weighted by molar-refractivity contribution is -0.129. The fourth-order valence-corrected chi connectivity index (χ4v) is 2.39. The molecule has 3 nitrogen and oxygen atoms in total. The lowest BCUT2D eigenvalue weighted by Gasteiger charge is -2.33. The fraction of sp³-hybridized carbons (Fsp3) is 0.500. The maximum atomic E-state index is 13.5. The number of piperidine rings is 1. The molecule has 2 atom stereocenters. The van der Waals surface area contributed by atoms with Crippen LogP contribution in [0.15, 0.2) is 24.3 Å². The van der Waals surface area contributed by atoms with E-state index < -0.39 is 24.4 Å². The molecule has 0 N–H and O–H groups in total. The van der Waals surface area contributed by atoms with Crippen LogP contribution >= 0.6 is 0 Å². The zero-order valence-corrected chi connectivity index (χ0v) is 11.1. The summed E-state index contributed by atoms with van der Waals surface area (Å²) in [6, 6.07) is 6.67. The van der Waals surface area contributed by atoms with Crippen molar-refractivity contribution in [2.24, 2.45) is 5.92 Å². The van der Waals surface area contributed by atoms with Crippen LogP contribution in [0, 0.1) is 5.92 Å². The Morgan fingerprint density at radius 3 is 2.45 bits per heavy atom. The van der Waals surface area contributed by atoms with Crippen LogP contribution in [-0.2, 0) is 4.79 Å². The van der Waals surface area contributed by atoms with E-state index in [1.165, 1.54) is 12.0 Å². The first-order valence-electron chi connectivity index (χ1n) is 6.42. The minimum absolute atomic E-state index is 0.164. The van der Waals surface area contributed by atoms with Crippen LogP contribution in [0.4, 0.5) is 18.9 Å². The van der Waals surface area contributed by atoms with E-state index in [1.807, 2.05) is 0 Å². The Kier molecular flexibility index (Phi) is 4.52. The number of anilines is 1. The number of hydrogen-bond donors (Lipinski definition) is 0. The quantitative estimate of drug-likeness (QED) is 0.852. The Hall–Kier alpha value is -1.72. The number of alkyl halides is 3. The van der Waals surface area contributed by atoms with Crippen LogP contribution in [0.5, 0.6) is 5.75 Å². The number of nitrogens with zero attached hydrogens (tertiary/aromatic N) is 1. The van der Waals surface area contributed by atoms with Gasteiger partial charge in [0.2, 0.25) is 5.91 Å². The number of halogens is 3. The molecule has 0 aromatic heterocycles. The van der Waals surface area contributed by atoms with Gasteiger partial charge in [0.05, 0.1) is 13.0 Å². The molecule has 2 rings (SSSR count). The molecule has 110 valence electrons. The Balaban J connectivity index is 2.17. The van der Waals surface area contributed by atoms with Gasteiger partial charge in [0.25, 0.3) is 6.43 Å². The average molecular weight is 287 g/mol. The Bertz CT molecular complexity index is 464. The molecule has 1 aliphatic rings. The lowest BCUT2D eigenvalue weighted by atomic mass is 9.92. The molecule has 0 bridgehead atoms. The monoisotopic (exact) mass is 287 g/mol. The van der Waals surface area contributed by atoms with Crippen molar-refractivity contribution in [3.63, 3.8) is 0 Å². The van der Waals surface area contributed by atoms with Gasteiger partial charge in [0, 0.05) is 12.2 Å². The van der Waals surface area contributed by atoms with Crippen molar-refractivity contribution in [1.29, 1.82) is 0 Å². The van der Waals surface area contributed by atoms with Crippen molar-refractivity contribution in [2.75, 3.05) is 18.6 Å². The molecule has 0 aliphatic carbocycles. The van der Waals surface area contributed by atoms with Crippen molar-refractivity contribution in [3.8, 4) is 5.75 Å². The van der Waals surface area contributed by atoms with E-state index >= 15 is 0 Å². The van der Waals surface area contributed by atoms with E-state index in [0.717, 1.165) is 0 Å². The van der Waals surface area contributed by atoms with Gasteiger partial charge in [-0.1, -0.05) is 0 Å².